The summed E-state index contributed by atoms with van der Waals surface area (Å²) >= 11 is 0. The average Bonchev–Trinajstić information content (AvgIpc) is 2.45. The van der Waals surface area contributed by atoms with Crippen LogP contribution in [0.3, 0.4) is 0 Å². The quantitative estimate of drug-likeness (QED) is 0.798. The van der Waals surface area contributed by atoms with Gasteiger partial charge in [-0.05, 0) is 42.3 Å². The monoisotopic (exact) mass is 284 g/mol. The molecule has 0 aliphatic heterocycles. The molecule has 0 spiro atoms. The van der Waals surface area contributed by atoms with Crippen LogP contribution in [0.4, 0.5) is 10.6 Å². The van der Waals surface area contributed by atoms with Gasteiger partial charge in [-0.25, -0.2) is 9.78 Å². The minimum atomic E-state index is -0.581. The van der Waals surface area contributed by atoms with Gasteiger partial charge in [0.15, 0.2) is 0 Å². The molecule has 1 heterocycles. The van der Waals surface area contributed by atoms with Crippen molar-refractivity contribution in [3.8, 4) is 0 Å². The van der Waals surface area contributed by atoms with E-state index in [9.17, 15) is 9.59 Å². The lowest BCUT2D eigenvalue weighted by Gasteiger charge is -2.06. The van der Waals surface area contributed by atoms with Gasteiger partial charge in [-0.3, -0.25) is 4.79 Å². The average molecular weight is 284 g/mol. The predicted molar refractivity (Wildman–Crippen MR) is 79.8 cm³/mol. The van der Waals surface area contributed by atoms with Crippen LogP contribution in [-0.2, 0) is 6.54 Å². The Labute approximate surface area is 122 Å². The van der Waals surface area contributed by atoms with Crippen molar-refractivity contribution in [2.75, 3.05) is 5.32 Å². The standard InChI is InChI=1S/C15H16N4O2/c1-10-6-7-17-13(8-10)19-14(20)12-4-2-11(3-5-12)9-18-15(16)21/h2-8H,9H2,1H3,(H3,16,18,21)(H,17,19,20). The van der Waals surface area contributed by atoms with Crippen LogP contribution in [0.2, 0.25) is 0 Å². The molecule has 4 N–H and O–H groups in total. The van der Waals surface area contributed by atoms with Crippen LogP contribution in [-0.4, -0.2) is 16.9 Å². The van der Waals surface area contributed by atoms with Gasteiger partial charge < -0.3 is 16.4 Å². The molecule has 0 fully saturated rings. The van der Waals surface area contributed by atoms with E-state index in [0.717, 1.165) is 11.1 Å². The van der Waals surface area contributed by atoms with Gasteiger partial charge in [-0.15, -0.1) is 0 Å². The summed E-state index contributed by atoms with van der Waals surface area (Å²) in [7, 11) is 0. The van der Waals surface area contributed by atoms with E-state index in [4.69, 9.17) is 5.73 Å². The Morgan fingerprint density at radius 3 is 2.52 bits per heavy atom. The number of hydrogen-bond donors (Lipinski definition) is 3. The van der Waals surface area contributed by atoms with Crippen LogP contribution in [0.5, 0.6) is 0 Å². The summed E-state index contributed by atoms with van der Waals surface area (Å²) in [6.07, 6.45) is 1.64. The molecule has 2 aromatic rings. The first-order valence-corrected chi connectivity index (χ1v) is 6.41. The molecule has 0 radical (unpaired) electrons. The first-order chi connectivity index (χ1) is 10.0. The van der Waals surface area contributed by atoms with Crippen molar-refractivity contribution < 1.29 is 9.59 Å². The minimum Gasteiger partial charge on any atom is -0.352 e. The molecule has 3 amide bonds. The Kier molecular flexibility index (Phi) is 4.50. The van der Waals surface area contributed by atoms with Crippen molar-refractivity contribution in [1.82, 2.24) is 10.3 Å². The van der Waals surface area contributed by atoms with Crippen molar-refractivity contribution in [3.63, 3.8) is 0 Å². The molecule has 0 saturated carbocycles. The fraction of sp³-hybridized carbons (Fsp3) is 0.133. The SMILES string of the molecule is Cc1ccnc(NC(=O)c2ccc(CNC(N)=O)cc2)c1. The summed E-state index contributed by atoms with van der Waals surface area (Å²) < 4.78 is 0. The largest absolute Gasteiger partial charge is 0.352 e. The van der Waals surface area contributed by atoms with E-state index in [1.54, 1.807) is 36.5 Å². The fourth-order valence-corrected chi connectivity index (χ4v) is 1.76. The summed E-state index contributed by atoms with van der Waals surface area (Å²) in [5.41, 5.74) is 7.39. The Morgan fingerprint density at radius 2 is 1.90 bits per heavy atom. The number of urea groups is 1. The number of amides is 3. The molecular formula is C15H16N4O2. The second kappa shape index (κ2) is 6.51. The molecule has 6 nitrogen and oxygen atoms in total. The second-order valence-electron chi connectivity index (χ2n) is 4.59. The van der Waals surface area contributed by atoms with Crippen molar-refractivity contribution in [1.29, 1.82) is 0 Å². The molecule has 21 heavy (non-hydrogen) atoms. The van der Waals surface area contributed by atoms with E-state index < -0.39 is 6.03 Å². The molecule has 0 atom stereocenters. The van der Waals surface area contributed by atoms with E-state index in [-0.39, 0.29) is 5.91 Å². The van der Waals surface area contributed by atoms with Gasteiger partial charge >= 0.3 is 6.03 Å². The highest BCUT2D eigenvalue weighted by Gasteiger charge is 2.07. The molecular weight excluding hydrogens is 268 g/mol. The molecule has 0 unspecified atom stereocenters. The third kappa shape index (κ3) is 4.31. The minimum absolute atomic E-state index is 0.234. The maximum Gasteiger partial charge on any atom is 0.312 e. The topological polar surface area (TPSA) is 97.1 Å². The lowest BCUT2D eigenvalue weighted by atomic mass is 10.1. The number of primary amides is 1. The molecule has 2 rings (SSSR count). The number of nitrogens with two attached hydrogens (primary N) is 1. The Bertz CT molecular complexity index is 653. The van der Waals surface area contributed by atoms with Gasteiger partial charge in [0.25, 0.3) is 5.91 Å². The first-order valence-electron chi connectivity index (χ1n) is 6.41. The highest BCUT2D eigenvalue weighted by Crippen LogP contribution is 2.09. The van der Waals surface area contributed by atoms with Crippen molar-refractivity contribution in [2.45, 2.75) is 13.5 Å². The zero-order valence-electron chi connectivity index (χ0n) is 11.6. The predicted octanol–water partition coefficient (Wildman–Crippen LogP) is 1.81. The molecule has 0 bridgehead atoms. The molecule has 6 heteroatoms. The Hall–Kier alpha value is -2.89. The Morgan fingerprint density at radius 1 is 1.19 bits per heavy atom. The van der Waals surface area contributed by atoms with Gasteiger partial charge in [0, 0.05) is 18.3 Å². The maximum atomic E-state index is 12.1. The van der Waals surface area contributed by atoms with Gasteiger partial charge in [0.1, 0.15) is 5.82 Å². The number of anilines is 1. The second-order valence-corrected chi connectivity index (χ2v) is 4.59. The normalized spacial score (nSPS) is 9.95. The van der Waals surface area contributed by atoms with Crippen LogP contribution in [0.15, 0.2) is 42.6 Å². The number of hydrogen-bond acceptors (Lipinski definition) is 3. The number of rotatable bonds is 4. The number of aromatic nitrogens is 1. The van der Waals surface area contributed by atoms with Gasteiger partial charge in [-0.2, -0.15) is 0 Å². The number of pyridine rings is 1. The van der Waals surface area contributed by atoms with Crippen LogP contribution < -0.4 is 16.4 Å². The maximum absolute atomic E-state index is 12.1. The lowest BCUT2D eigenvalue weighted by Crippen LogP contribution is -2.28. The smallest absolute Gasteiger partial charge is 0.312 e. The van der Waals surface area contributed by atoms with Crippen molar-refractivity contribution in [2.24, 2.45) is 5.73 Å². The van der Waals surface area contributed by atoms with Crippen molar-refractivity contribution >= 4 is 17.8 Å². The first kappa shape index (κ1) is 14.5. The van der Waals surface area contributed by atoms with E-state index >= 15 is 0 Å². The molecule has 0 aliphatic rings. The molecule has 108 valence electrons. The van der Waals surface area contributed by atoms with Crippen molar-refractivity contribution in [3.05, 3.63) is 59.3 Å². The summed E-state index contributed by atoms with van der Waals surface area (Å²) in [5.74, 6) is 0.280. The van der Waals surface area contributed by atoms with Gasteiger partial charge in [0.05, 0.1) is 0 Å². The van der Waals surface area contributed by atoms with Crippen LogP contribution in [0.25, 0.3) is 0 Å². The van der Waals surface area contributed by atoms with E-state index in [1.165, 1.54) is 0 Å². The summed E-state index contributed by atoms with van der Waals surface area (Å²) in [6.45, 7) is 2.26. The summed E-state index contributed by atoms with van der Waals surface area (Å²) in [6, 6.07) is 9.96. The van der Waals surface area contributed by atoms with E-state index in [0.29, 0.717) is 17.9 Å². The Balaban J connectivity index is 2.01. The van der Waals surface area contributed by atoms with Gasteiger partial charge in [0.2, 0.25) is 0 Å². The van der Waals surface area contributed by atoms with E-state index in [2.05, 4.69) is 15.6 Å². The fourth-order valence-electron chi connectivity index (χ4n) is 1.76. The third-order valence-electron chi connectivity index (χ3n) is 2.84. The van der Waals surface area contributed by atoms with E-state index in [1.807, 2.05) is 13.0 Å². The number of carbonyl (C=O) groups excluding carboxylic acids is 2. The highest BCUT2D eigenvalue weighted by molar-refractivity contribution is 6.03. The number of nitrogens with zero attached hydrogens (tertiary/aromatic N) is 1. The highest BCUT2D eigenvalue weighted by atomic mass is 16.2. The molecule has 0 aliphatic carbocycles. The zero-order valence-corrected chi connectivity index (χ0v) is 11.6. The molecule has 1 aromatic heterocycles. The number of aryl methyl sites for hydroxylation is 1. The van der Waals surface area contributed by atoms with Crippen LogP contribution >= 0.6 is 0 Å². The lowest BCUT2D eigenvalue weighted by molar-refractivity contribution is 0.102. The van der Waals surface area contributed by atoms with Crippen LogP contribution in [0.1, 0.15) is 21.5 Å². The summed E-state index contributed by atoms with van der Waals surface area (Å²) in [4.78, 5) is 26.8. The number of benzene rings is 1. The summed E-state index contributed by atoms with van der Waals surface area (Å²) in [5, 5.41) is 5.21. The number of nitrogens with one attached hydrogen (secondary N) is 2. The zero-order chi connectivity index (χ0) is 15.2. The van der Waals surface area contributed by atoms with Gasteiger partial charge in [-0.1, -0.05) is 12.1 Å². The van der Waals surface area contributed by atoms with Crippen LogP contribution in [0, 0.1) is 6.92 Å². The number of carbonyl (C=O) groups is 2. The third-order valence-corrected chi connectivity index (χ3v) is 2.84. The molecule has 0 saturated heterocycles. The molecule has 1 aromatic carbocycles.